The highest BCUT2D eigenvalue weighted by molar-refractivity contribution is 5.95. The minimum absolute atomic E-state index is 0.179. The molecule has 27 heavy (non-hydrogen) atoms. The van der Waals surface area contributed by atoms with Gasteiger partial charge in [-0.1, -0.05) is 18.2 Å². The summed E-state index contributed by atoms with van der Waals surface area (Å²) in [6, 6.07) is 10.7. The standard InChI is InChI=1S/C21H26N2O4/c1-14-11-15(2)16(3)19(12-14)26-10-6-9-23-20(24)13-27-18-8-5-4-7-17(18)21(22)25/h4-5,7-8,11-12H,6,9-10,13H2,1-3H3,(H2,22,25)(H,23,24). The zero-order valence-corrected chi connectivity index (χ0v) is 16.0. The van der Waals surface area contributed by atoms with Crippen molar-refractivity contribution in [2.75, 3.05) is 19.8 Å². The van der Waals surface area contributed by atoms with Gasteiger partial charge in [0.1, 0.15) is 11.5 Å². The summed E-state index contributed by atoms with van der Waals surface area (Å²) in [5.41, 5.74) is 9.02. The number of ether oxygens (including phenoxy) is 2. The molecule has 144 valence electrons. The zero-order valence-electron chi connectivity index (χ0n) is 16.0. The lowest BCUT2D eigenvalue weighted by molar-refractivity contribution is -0.123. The molecule has 2 amide bonds. The van der Waals surface area contributed by atoms with Crippen LogP contribution in [0.25, 0.3) is 0 Å². The number of para-hydroxylation sites is 1. The van der Waals surface area contributed by atoms with E-state index in [-0.39, 0.29) is 18.1 Å². The second-order valence-corrected chi connectivity index (χ2v) is 6.41. The van der Waals surface area contributed by atoms with Gasteiger partial charge in [-0.25, -0.2) is 0 Å². The van der Waals surface area contributed by atoms with Gasteiger partial charge in [0.25, 0.3) is 11.8 Å². The van der Waals surface area contributed by atoms with Crippen LogP contribution in [0.3, 0.4) is 0 Å². The molecule has 2 aromatic rings. The Morgan fingerprint density at radius 1 is 1.04 bits per heavy atom. The topological polar surface area (TPSA) is 90.7 Å². The van der Waals surface area contributed by atoms with Crippen LogP contribution in [0.4, 0.5) is 0 Å². The van der Waals surface area contributed by atoms with E-state index in [0.717, 1.165) is 16.9 Å². The molecule has 0 aromatic heterocycles. The highest BCUT2D eigenvalue weighted by Crippen LogP contribution is 2.23. The number of nitrogens with two attached hydrogens (primary N) is 1. The Morgan fingerprint density at radius 3 is 2.52 bits per heavy atom. The Bertz CT molecular complexity index is 818. The van der Waals surface area contributed by atoms with Gasteiger partial charge in [0.15, 0.2) is 6.61 Å². The summed E-state index contributed by atoms with van der Waals surface area (Å²) in [5.74, 6) is 0.320. The van der Waals surface area contributed by atoms with Crippen molar-refractivity contribution in [3.05, 3.63) is 58.7 Å². The SMILES string of the molecule is Cc1cc(C)c(C)c(OCCCNC(=O)COc2ccccc2C(N)=O)c1. The number of nitrogens with one attached hydrogen (secondary N) is 1. The number of amides is 2. The molecule has 0 radical (unpaired) electrons. The summed E-state index contributed by atoms with van der Waals surface area (Å²) in [5, 5.41) is 2.77. The van der Waals surface area contributed by atoms with Crippen LogP contribution < -0.4 is 20.5 Å². The van der Waals surface area contributed by atoms with Crippen molar-refractivity contribution in [3.8, 4) is 11.5 Å². The van der Waals surface area contributed by atoms with E-state index in [2.05, 4.69) is 18.3 Å². The number of hydrogen-bond acceptors (Lipinski definition) is 4. The van der Waals surface area contributed by atoms with Crippen LogP contribution in [0, 0.1) is 20.8 Å². The van der Waals surface area contributed by atoms with Crippen molar-refractivity contribution < 1.29 is 19.1 Å². The molecule has 0 fully saturated rings. The average molecular weight is 370 g/mol. The average Bonchev–Trinajstić information content (AvgIpc) is 2.63. The maximum absolute atomic E-state index is 11.9. The number of aryl methyl sites for hydroxylation is 2. The van der Waals surface area contributed by atoms with E-state index in [1.807, 2.05) is 19.9 Å². The van der Waals surface area contributed by atoms with Gasteiger partial charge in [-0.2, -0.15) is 0 Å². The van der Waals surface area contributed by atoms with Gasteiger partial charge >= 0.3 is 0 Å². The smallest absolute Gasteiger partial charge is 0.257 e. The molecule has 6 nitrogen and oxygen atoms in total. The second-order valence-electron chi connectivity index (χ2n) is 6.41. The summed E-state index contributed by atoms with van der Waals surface area (Å²) in [7, 11) is 0. The van der Waals surface area contributed by atoms with E-state index < -0.39 is 5.91 Å². The Balaban J connectivity index is 1.71. The molecule has 0 aliphatic rings. The van der Waals surface area contributed by atoms with Crippen LogP contribution in [0.2, 0.25) is 0 Å². The van der Waals surface area contributed by atoms with E-state index in [1.165, 1.54) is 5.56 Å². The summed E-state index contributed by atoms with van der Waals surface area (Å²) in [4.78, 5) is 23.2. The third-order valence-electron chi connectivity index (χ3n) is 4.18. The van der Waals surface area contributed by atoms with Crippen molar-refractivity contribution in [2.45, 2.75) is 27.2 Å². The van der Waals surface area contributed by atoms with Gasteiger partial charge in [-0.3, -0.25) is 9.59 Å². The molecular formula is C21H26N2O4. The molecular weight excluding hydrogens is 344 g/mol. The Labute approximate surface area is 159 Å². The second kappa shape index (κ2) is 9.62. The monoisotopic (exact) mass is 370 g/mol. The van der Waals surface area contributed by atoms with Crippen molar-refractivity contribution in [1.82, 2.24) is 5.32 Å². The van der Waals surface area contributed by atoms with Gasteiger partial charge in [-0.05, 0) is 62.1 Å². The van der Waals surface area contributed by atoms with E-state index in [4.69, 9.17) is 15.2 Å². The molecule has 0 bridgehead atoms. The largest absolute Gasteiger partial charge is 0.493 e. The van der Waals surface area contributed by atoms with E-state index in [9.17, 15) is 9.59 Å². The lowest BCUT2D eigenvalue weighted by atomic mass is 10.1. The van der Waals surface area contributed by atoms with Crippen LogP contribution in [0.1, 0.15) is 33.5 Å². The number of benzene rings is 2. The van der Waals surface area contributed by atoms with E-state index in [1.54, 1.807) is 24.3 Å². The highest BCUT2D eigenvalue weighted by Gasteiger charge is 2.10. The van der Waals surface area contributed by atoms with E-state index >= 15 is 0 Å². The predicted molar refractivity (Wildman–Crippen MR) is 104 cm³/mol. The number of primary amides is 1. The normalized spacial score (nSPS) is 10.3. The number of carbonyl (C=O) groups excluding carboxylic acids is 2. The van der Waals surface area contributed by atoms with Crippen molar-refractivity contribution in [1.29, 1.82) is 0 Å². The predicted octanol–water partition coefficient (Wildman–Crippen LogP) is 2.67. The third-order valence-corrected chi connectivity index (χ3v) is 4.18. The first kappa shape index (κ1) is 20.3. The molecule has 0 saturated carbocycles. The van der Waals surface area contributed by atoms with Crippen LogP contribution in [-0.4, -0.2) is 31.6 Å². The van der Waals surface area contributed by atoms with Gasteiger partial charge < -0.3 is 20.5 Å². The van der Waals surface area contributed by atoms with Crippen LogP contribution in [0.5, 0.6) is 11.5 Å². The zero-order chi connectivity index (χ0) is 19.8. The van der Waals surface area contributed by atoms with Gasteiger partial charge in [0.05, 0.1) is 12.2 Å². The molecule has 0 aliphatic carbocycles. The fourth-order valence-electron chi connectivity index (χ4n) is 2.62. The van der Waals surface area contributed by atoms with Gasteiger partial charge in [0, 0.05) is 6.54 Å². The van der Waals surface area contributed by atoms with Crippen molar-refractivity contribution >= 4 is 11.8 Å². The minimum Gasteiger partial charge on any atom is -0.493 e. The van der Waals surface area contributed by atoms with E-state index in [0.29, 0.717) is 25.3 Å². The first-order chi connectivity index (χ1) is 12.9. The first-order valence-corrected chi connectivity index (χ1v) is 8.87. The van der Waals surface area contributed by atoms with Gasteiger partial charge in [0.2, 0.25) is 0 Å². The molecule has 2 rings (SSSR count). The Hall–Kier alpha value is -3.02. The maximum Gasteiger partial charge on any atom is 0.257 e. The molecule has 6 heteroatoms. The molecule has 0 spiro atoms. The molecule has 2 aromatic carbocycles. The lowest BCUT2D eigenvalue weighted by Crippen LogP contribution is -2.30. The van der Waals surface area contributed by atoms with Crippen molar-refractivity contribution in [2.24, 2.45) is 5.73 Å². The maximum atomic E-state index is 11.9. The van der Waals surface area contributed by atoms with Crippen LogP contribution in [0.15, 0.2) is 36.4 Å². The highest BCUT2D eigenvalue weighted by atomic mass is 16.5. The summed E-state index contributed by atoms with van der Waals surface area (Å²) in [6.07, 6.45) is 0.677. The fourth-order valence-corrected chi connectivity index (χ4v) is 2.62. The fraction of sp³-hybridized carbons (Fsp3) is 0.333. The summed E-state index contributed by atoms with van der Waals surface area (Å²) in [6.45, 7) is 6.94. The molecule has 3 N–H and O–H groups in total. The number of hydrogen-bond donors (Lipinski definition) is 2. The molecule has 0 heterocycles. The summed E-state index contributed by atoms with van der Waals surface area (Å²) < 4.78 is 11.2. The van der Waals surface area contributed by atoms with Gasteiger partial charge in [-0.15, -0.1) is 0 Å². The molecule has 0 aliphatic heterocycles. The first-order valence-electron chi connectivity index (χ1n) is 8.87. The van der Waals surface area contributed by atoms with Crippen LogP contribution in [-0.2, 0) is 4.79 Å². The van der Waals surface area contributed by atoms with Crippen LogP contribution >= 0.6 is 0 Å². The Kier molecular flexibility index (Phi) is 7.23. The molecule has 0 unspecified atom stereocenters. The minimum atomic E-state index is -0.593. The molecule has 0 saturated heterocycles. The quantitative estimate of drug-likeness (QED) is 0.664. The number of carbonyl (C=O) groups is 2. The third kappa shape index (κ3) is 6.02. The lowest BCUT2D eigenvalue weighted by Gasteiger charge is -2.13. The molecule has 0 atom stereocenters. The summed E-state index contributed by atoms with van der Waals surface area (Å²) >= 11 is 0. The van der Waals surface area contributed by atoms with Crippen molar-refractivity contribution in [3.63, 3.8) is 0 Å². The number of rotatable bonds is 9. The Morgan fingerprint density at radius 2 is 1.78 bits per heavy atom.